The highest BCUT2D eigenvalue weighted by Crippen LogP contribution is 2.39. The van der Waals surface area contributed by atoms with Crippen LogP contribution in [0.4, 0.5) is 5.82 Å². The summed E-state index contributed by atoms with van der Waals surface area (Å²) in [5, 5.41) is 0. The summed E-state index contributed by atoms with van der Waals surface area (Å²) in [5.74, 6) is 0.898. The predicted molar refractivity (Wildman–Crippen MR) is 184 cm³/mol. The maximum atomic E-state index is 13.5. The maximum absolute atomic E-state index is 13.5. The molecule has 0 aliphatic rings. The number of hydrogen-bond acceptors (Lipinski definition) is 13. The summed E-state index contributed by atoms with van der Waals surface area (Å²) < 4.78 is 56.3. The van der Waals surface area contributed by atoms with E-state index in [1.54, 1.807) is 61.8 Å². The lowest BCUT2D eigenvalue weighted by molar-refractivity contribution is -0.140. The Kier molecular flexibility index (Phi) is 13.8. The second kappa shape index (κ2) is 17.5. The molecule has 0 radical (unpaired) electrons. The Labute approximate surface area is 285 Å². The second-order valence-electron chi connectivity index (χ2n) is 10.9. The second-order valence-corrected chi connectivity index (χ2v) is 13.4. The molecule has 0 aliphatic heterocycles. The average molecular weight is 700 g/mol. The van der Waals surface area contributed by atoms with Gasteiger partial charge in [0.15, 0.2) is 17.3 Å². The van der Waals surface area contributed by atoms with Gasteiger partial charge in [0.05, 0.1) is 31.3 Å². The highest BCUT2D eigenvalue weighted by atomic mass is 32.2. The van der Waals surface area contributed by atoms with Crippen molar-refractivity contribution >= 4 is 33.6 Å². The zero-order chi connectivity index (χ0) is 35.3. The van der Waals surface area contributed by atoms with Crippen LogP contribution in [0.1, 0.15) is 40.2 Å². The largest absolute Gasteiger partial charge is 0.493 e. The minimum absolute atomic E-state index is 0.0315. The number of ether oxygens (including phenoxy) is 5. The molecule has 2 heterocycles. The van der Waals surface area contributed by atoms with Gasteiger partial charge in [-0.15, -0.1) is 11.8 Å². The van der Waals surface area contributed by atoms with Crippen LogP contribution in [0.2, 0.25) is 0 Å². The van der Waals surface area contributed by atoms with Crippen molar-refractivity contribution in [3.05, 3.63) is 66.7 Å². The quantitative estimate of drug-likeness (QED) is 0.101. The zero-order valence-corrected chi connectivity index (χ0v) is 29.9. The normalized spacial score (nSPS) is 11.1. The van der Waals surface area contributed by atoms with Crippen LogP contribution in [0, 0.1) is 0 Å². The molecular weight excluding hydrogens is 659 g/mol. The van der Waals surface area contributed by atoms with E-state index in [1.807, 2.05) is 6.26 Å². The number of esters is 1. The molecule has 4 aromatic rings. The van der Waals surface area contributed by atoms with E-state index in [0.717, 1.165) is 10.5 Å². The summed E-state index contributed by atoms with van der Waals surface area (Å²) in [6.07, 6.45) is 6.50. The van der Waals surface area contributed by atoms with Crippen molar-refractivity contribution in [3.8, 4) is 34.5 Å². The summed E-state index contributed by atoms with van der Waals surface area (Å²) in [6.45, 7) is 10.0. The number of hydrogen-bond donors (Lipinski definition) is 1. The van der Waals surface area contributed by atoms with Crippen molar-refractivity contribution in [2.24, 2.45) is 0 Å². The minimum atomic E-state index is -4.01. The molecule has 4 rings (SSSR count). The molecule has 0 saturated carbocycles. The fraction of sp³-hybridized carbons (Fsp3) is 0.364. The molecule has 0 aliphatic carbocycles. The Balaban J connectivity index is 0.000000952. The van der Waals surface area contributed by atoms with Gasteiger partial charge in [0.1, 0.15) is 19.5 Å². The number of benzene rings is 2. The SMILES string of the molecule is CCOC(C)=O.COc1ccc(-c2c(NS(=O)(=O)c3ccc(C(C)(C)C)cc3)ncnc2OCCOc2ncc(SC)cn2)cc1OC. The Morgan fingerprint density at radius 1 is 0.896 bits per heavy atom. The van der Waals surface area contributed by atoms with Crippen LogP contribution in [-0.2, 0) is 25.0 Å². The summed E-state index contributed by atoms with van der Waals surface area (Å²) in [4.78, 5) is 27.7. The van der Waals surface area contributed by atoms with Crippen LogP contribution < -0.4 is 23.7 Å². The summed E-state index contributed by atoms with van der Waals surface area (Å²) in [7, 11) is -0.974. The van der Waals surface area contributed by atoms with Crippen molar-refractivity contribution in [3.63, 3.8) is 0 Å². The van der Waals surface area contributed by atoms with Crippen LogP contribution in [0.5, 0.6) is 23.4 Å². The monoisotopic (exact) mass is 699 g/mol. The molecule has 15 heteroatoms. The van der Waals surface area contributed by atoms with E-state index in [4.69, 9.17) is 18.9 Å². The van der Waals surface area contributed by atoms with Gasteiger partial charge in [-0.3, -0.25) is 9.52 Å². The van der Waals surface area contributed by atoms with Crippen molar-refractivity contribution in [2.45, 2.75) is 49.8 Å². The van der Waals surface area contributed by atoms with Gasteiger partial charge in [0, 0.05) is 24.2 Å². The topological polar surface area (TPSA) is 161 Å². The van der Waals surface area contributed by atoms with Gasteiger partial charge in [-0.2, -0.15) is 0 Å². The first-order valence-electron chi connectivity index (χ1n) is 14.8. The third-order valence-corrected chi connectivity index (χ3v) is 8.52. The van der Waals surface area contributed by atoms with Crippen LogP contribution in [-0.4, -0.2) is 74.6 Å². The molecule has 0 saturated heterocycles. The number of anilines is 1. The van der Waals surface area contributed by atoms with Crippen molar-refractivity contribution in [2.75, 3.05) is 45.0 Å². The number of carbonyl (C=O) groups is 1. The van der Waals surface area contributed by atoms with Gasteiger partial charge in [0.2, 0.25) is 5.88 Å². The van der Waals surface area contributed by atoms with Gasteiger partial charge >= 0.3 is 12.0 Å². The van der Waals surface area contributed by atoms with Crippen LogP contribution in [0.25, 0.3) is 11.1 Å². The molecule has 2 aromatic carbocycles. The van der Waals surface area contributed by atoms with E-state index in [2.05, 4.69) is 50.2 Å². The van der Waals surface area contributed by atoms with Gasteiger partial charge in [0.25, 0.3) is 10.0 Å². The number of rotatable bonds is 13. The van der Waals surface area contributed by atoms with E-state index in [-0.39, 0.29) is 47.2 Å². The molecule has 1 N–H and O–H groups in total. The van der Waals surface area contributed by atoms with Gasteiger partial charge < -0.3 is 23.7 Å². The van der Waals surface area contributed by atoms with Gasteiger partial charge in [-0.05, 0) is 54.0 Å². The van der Waals surface area contributed by atoms with Crippen molar-refractivity contribution < 1.29 is 36.9 Å². The molecule has 0 atom stereocenters. The zero-order valence-electron chi connectivity index (χ0n) is 28.3. The van der Waals surface area contributed by atoms with Gasteiger partial charge in [-0.25, -0.2) is 28.4 Å². The molecule has 258 valence electrons. The first-order chi connectivity index (χ1) is 22.8. The van der Waals surface area contributed by atoms with E-state index < -0.39 is 10.0 Å². The molecule has 48 heavy (non-hydrogen) atoms. The van der Waals surface area contributed by atoms with E-state index in [0.29, 0.717) is 29.2 Å². The first kappa shape index (κ1) is 37.8. The van der Waals surface area contributed by atoms with Crippen molar-refractivity contribution in [1.82, 2.24) is 19.9 Å². The molecule has 0 amide bonds. The molecular formula is C33H41N5O8S2. The standard InChI is InChI=1S/C29H33N5O6S2.C4H8O2/c1-29(2,3)20-8-10-22(11-9-20)42(35,36)34-26-25(19-7-12-23(37-4)24(15-19)38-5)27(33-18-32-26)39-13-14-40-28-30-16-21(41-6)17-31-28;1-3-6-4(2)5/h7-12,15-18H,13-14H2,1-6H3,(H,32,33,34);3H2,1-2H3. The van der Waals surface area contributed by atoms with E-state index in [1.165, 1.54) is 39.2 Å². The average Bonchev–Trinajstić information content (AvgIpc) is 3.06. The summed E-state index contributed by atoms with van der Waals surface area (Å²) >= 11 is 1.53. The van der Waals surface area contributed by atoms with E-state index in [9.17, 15) is 13.2 Å². The first-order valence-corrected chi connectivity index (χ1v) is 17.5. The molecule has 0 bridgehead atoms. The fourth-order valence-corrected chi connectivity index (χ4v) is 5.43. The lowest BCUT2D eigenvalue weighted by atomic mass is 9.87. The number of nitrogens with zero attached hydrogens (tertiary/aromatic N) is 4. The molecule has 0 fully saturated rings. The molecule has 0 spiro atoms. The molecule has 0 unspecified atom stereocenters. The number of nitrogens with one attached hydrogen (secondary N) is 1. The highest BCUT2D eigenvalue weighted by Gasteiger charge is 2.23. The Morgan fingerprint density at radius 3 is 2.08 bits per heavy atom. The fourth-order valence-electron chi connectivity index (χ4n) is 4.09. The number of thioether (sulfide) groups is 1. The Morgan fingerprint density at radius 2 is 1.54 bits per heavy atom. The highest BCUT2D eigenvalue weighted by molar-refractivity contribution is 7.98. The Hall–Kier alpha value is -4.63. The number of sulfonamides is 1. The van der Waals surface area contributed by atoms with Crippen LogP contribution in [0.3, 0.4) is 0 Å². The molecule has 13 nitrogen and oxygen atoms in total. The van der Waals surface area contributed by atoms with Crippen LogP contribution >= 0.6 is 11.8 Å². The number of methoxy groups -OCH3 is 2. The summed E-state index contributed by atoms with van der Waals surface area (Å²) in [6, 6.07) is 12.1. The third kappa shape index (κ3) is 10.7. The van der Waals surface area contributed by atoms with Gasteiger partial charge in [-0.1, -0.05) is 39.0 Å². The smallest absolute Gasteiger partial charge is 0.316 e. The lowest BCUT2D eigenvalue weighted by Crippen LogP contribution is -2.17. The van der Waals surface area contributed by atoms with Crippen molar-refractivity contribution in [1.29, 1.82) is 0 Å². The number of aromatic nitrogens is 4. The molecule has 2 aromatic heterocycles. The minimum Gasteiger partial charge on any atom is -0.493 e. The maximum Gasteiger partial charge on any atom is 0.316 e. The third-order valence-electron chi connectivity index (χ3n) is 6.49. The predicted octanol–water partition coefficient (Wildman–Crippen LogP) is 5.80. The number of carbonyl (C=O) groups excluding carboxylic acids is 1. The Bertz CT molecular complexity index is 1750. The van der Waals surface area contributed by atoms with E-state index >= 15 is 0 Å². The lowest BCUT2D eigenvalue weighted by Gasteiger charge is -2.19. The van der Waals surface area contributed by atoms with Crippen LogP contribution in [0.15, 0.2) is 71.0 Å². The summed E-state index contributed by atoms with van der Waals surface area (Å²) in [5.41, 5.74) is 1.75.